The topological polar surface area (TPSA) is 75.6 Å². The maximum atomic E-state index is 11.5. The van der Waals surface area contributed by atoms with Gasteiger partial charge in [-0.2, -0.15) is 0 Å². The van der Waals surface area contributed by atoms with Gasteiger partial charge in [0.1, 0.15) is 6.10 Å². The van der Waals surface area contributed by atoms with Gasteiger partial charge in [-0.25, -0.2) is 4.79 Å². The minimum Gasteiger partial charge on any atom is -0.456 e. The van der Waals surface area contributed by atoms with Gasteiger partial charge in [0.25, 0.3) is 0 Å². The molecule has 0 saturated carbocycles. The minimum absolute atomic E-state index is 0.106. The van der Waals surface area contributed by atoms with Crippen molar-refractivity contribution in [3.63, 3.8) is 0 Å². The van der Waals surface area contributed by atoms with Crippen LogP contribution in [-0.4, -0.2) is 34.7 Å². The van der Waals surface area contributed by atoms with Gasteiger partial charge in [-0.15, -0.1) is 0 Å². The van der Waals surface area contributed by atoms with Crippen molar-refractivity contribution in [3.8, 4) is 0 Å². The first kappa shape index (κ1) is 10.4. The van der Waals surface area contributed by atoms with Gasteiger partial charge in [0, 0.05) is 0 Å². The van der Waals surface area contributed by atoms with Crippen LogP contribution in [0, 0.1) is 11.8 Å². The molecule has 2 fully saturated rings. The first-order chi connectivity index (χ1) is 6.91. The van der Waals surface area contributed by atoms with Gasteiger partial charge >= 0.3 is 5.97 Å². The van der Waals surface area contributed by atoms with Crippen LogP contribution >= 0.6 is 0 Å². The van der Waals surface area contributed by atoms with Gasteiger partial charge in [-0.3, -0.25) is 4.79 Å². The number of amides is 1. The van der Waals surface area contributed by atoms with Crippen LogP contribution in [-0.2, 0) is 14.3 Å². The lowest BCUT2D eigenvalue weighted by molar-refractivity contribution is -0.206. The molecule has 0 aromatic heterocycles. The molecule has 0 aromatic carbocycles. The largest absolute Gasteiger partial charge is 0.456 e. The highest BCUT2D eigenvalue weighted by atomic mass is 16.6. The van der Waals surface area contributed by atoms with E-state index in [1.165, 1.54) is 0 Å². The Balaban J connectivity index is 2.33. The molecule has 84 valence electrons. The van der Waals surface area contributed by atoms with Crippen LogP contribution < -0.4 is 5.32 Å². The molecule has 2 heterocycles. The third kappa shape index (κ3) is 1.07. The van der Waals surface area contributed by atoms with E-state index >= 15 is 0 Å². The number of aliphatic hydroxyl groups is 1. The van der Waals surface area contributed by atoms with Crippen LogP contribution in [0.25, 0.3) is 0 Å². The van der Waals surface area contributed by atoms with E-state index in [-0.39, 0.29) is 17.7 Å². The molecule has 4 atom stereocenters. The molecule has 2 aliphatic rings. The number of esters is 1. The lowest BCUT2D eigenvalue weighted by atomic mass is 9.76. The molecule has 0 bridgehead atoms. The van der Waals surface area contributed by atoms with E-state index in [1.54, 1.807) is 20.8 Å². The zero-order valence-corrected chi connectivity index (χ0v) is 8.98. The number of rotatable bonds is 2. The summed E-state index contributed by atoms with van der Waals surface area (Å²) >= 11 is 0. The molecule has 0 aliphatic carbocycles. The zero-order valence-electron chi connectivity index (χ0n) is 8.98. The Labute approximate surface area is 87.8 Å². The molecule has 5 heteroatoms. The Kier molecular flexibility index (Phi) is 2.05. The molecule has 5 nitrogen and oxygen atoms in total. The SMILES string of the molecule is CC(C)[C@H](O)[C@]12NC(=O)[C@H](C)[C@H]1OC2=O. The summed E-state index contributed by atoms with van der Waals surface area (Å²) in [6.45, 7) is 5.30. The highest BCUT2D eigenvalue weighted by molar-refractivity contribution is 5.99. The van der Waals surface area contributed by atoms with Crippen molar-refractivity contribution >= 4 is 11.9 Å². The fourth-order valence-corrected chi connectivity index (χ4v) is 2.33. The number of fused-ring (bicyclic) bond motifs is 1. The average molecular weight is 213 g/mol. The van der Waals surface area contributed by atoms with E-state index in [4.69, 9.17) is 4.74 Å². The first-order valence-corrected chi connectivity index (χ1v) is 5.12. The second-order valence-corrected chi connectivity index (χ2v) is 4.66. The highest BCUT2D eigenvalue weighted by Gasteiger charge is 2.70. The predicted octanol–water partition coefficient (Wildman–Crippen LogP) is -0.567. The normalized spacial score (nSPS) is 40.6. The number of carbonyl (C=O) groups is 2. The van der Waals surface area contributed by atoms with Crippen molar-refractivity contribution in [1.29, 1.82) is 0 Å². The average Bonchev–Trinajstić information content (AvgIpc) is 2.37. The molecule has 0 aromatic rings. The summed E-state index contributed by atoms with van der Waals surface area (Å²) in [5.74, 6) is -1.24. The van der Waals surface area contributed by atoms with Gasteiger partial charge in [0.15, 0.2) is 0 Å². The smallest absolute Gasteiger partial charge is 0.338 e. The highest BCUT2D eigenvalue weighted by Crippen LogP contribution is 2.42. The molecule has 2 rings (SSSR count). The molecule has 0 spiro atoms. The van der Waals surface area contributed by atoms with E-state index in [1.807, 2.05) is 0 Å². The number of ether oxygens (including phenoxy) is 1. The quantitative estimate of drug-likeness (QED) is 0.602. The van der Waals surface area contributed by atoms with Crippen LogP contribution in [0.5, 0.6) is 0 Å². The lowest BCUT2D eigenvalue weighted by Gasteiger charge is -2.46. The van der Waals surface area contributed by atoms with Gasteiger partial charge in [0.2, 0.25) is 11.4 Å². The summed E-state index contributed by atoms with van der Waals surface area (Å²) in [5.41, 5.74) is -1.19. The second kappa shape index (κ2) is 2.95. The van der Waals surface area contributed by atoms with Gasteiger partial charge in [-0.1, -0.05) is 13.8 Å². The number of aliphatic hydroxyl groups excluding tert-OH is 1. The third-order valence-corrected chi connectivity index (χ3v) is 3.32. The third-order valence-electron chi connectivity index (χ3n) is 3.32. The Bertz CT molecular complexity index is 327. The summed E-state index contributed by atoms with van der Waals surface area (Å²) in [5, 5.41) is 12.6. The van der Waals surface area contributed by atoms with Crippen molar-refractivity contribution in [1.82, 2.24) is 5.32 Å². The van der Waals surface area contributed by atoms with Crippen molar-refractivity contribution < 1.29 is 19.4 Å². The molecule has 2 aliphatic heterocycles. The maximum Gasteiger partial charge on any atom is 0.338 e. The van der Waals surface area contributed by atoms with Crippen LogP contribution in [0.1, 0.15) is 20.8 Å². The van der Waals surface area contributed by atoms with Crippen molar-refractivity contribution in [2.24, 2.45) is 11.8 Å². The summed E-state index contributed by atoms with van der Waals surface area (Å²) in [6.07, 6.45) is -1.41. The Morgan fingerprint density at radius 1 is 1.47 bits per heavy atom. The van der Waals surface area contributed by atoms with Crippen molar-refractivity contribution in [2.75, 3.05) is 0 Å². The fourth-order valence-electron chi connectivity index (χ4n) is 2.33. The van der Waals surface area contributed by atoms with Gasteiger partial charge in [0.05, 0.1) is 12.0 Å². The maximum absolute atomic E-state index is 11.5. The standard InChI is InChI=1S/C10H15NO4/c1-4(2)6(12)10-7(15-9(10)14)5(3)8(13)11-10/h4-7,12H,1-3H3,(H,11,13)/t5-,6+,7-,10+/m1/s1. The zero-order chi connectivity index (χ0) is 11.4. The second-order valence-electron chi connectivity index (χ2n) is 4.66. The number of nitrogens with one attached hydrogen (secondary N) is 1. The molecular formula is C10H15NO4. The van der Waals surface area contributed by atoms with Crippen molar-refractivity contribution in [2.45, 2.75) is 38.5 Å². The van der Waals surface area contributed by atoms with E-state index < -0.39 is 23.7 Å². The van der Waals surface area contributed by atoms with Crippen LogP contribution in [0.15, 0.2) is 0 Å². The summed E-state index contributed by atoms with van der Waals surface area (Å²) in [6, 6.07) is 0. The number of hydrogen-bond acceptors (Lipinski definition) is 4. The molecule has 1 amide bonds. The predicted molar refractivity (Wildman–Crippen MR) is 50.8 cm³/mol. The molecule has 2 saturated heterocycles. The molecule has 0 radical (unpaired) electrons. The van der Waals surface area contributed by atoms with E-state index in [9.17, 15) is 14.7 Å². The number of hydrogen-bond donors (Lipinski definition) is 2. The fraction of sp³-hybridized carbons (Fsp3) is 0.800. The van der Waals surface area contributed by atoms with E-state index in [0.29, 0.717) is 0 Å². The monoisotopic (exact) mass is 213 g/mol. The van der Waals surface area contributed by atoms with Gasteiger partial charge in [-0.05, 0) is 12.8 Å². The van der Waals surface area contributed by atoms with E-state index in [0.717, 1.165) is 0 Å². The Morgan fingerprint density at radius 2 is 2.07 bits per heavy atom. The van der Waals surface area contributed by atoms with Crippen LogP contribution in [0.2, 0.25) is 0 Å². The molecular weight excluding hydrogens is 198 g/mol. The summed E-state index contributed by atoms with van der Waals surface area (Å²) < 4.78 is 4.94. The minimum atomic E-state index is -1.19. The Morgan fingerprint density at radius 3 is 2.47 bits per heavy atom. The van der Waals surface area contributed by atoms with Gasteiger partial charge < -0.3 is 15.2 Å². The number of carbonyl (C=O) groups excluding carboxylic acids is 2. The van der Waals surface area contributed by atoms with Crippen LogP contribution in [0.3, 0.4) is 0 Å². The Hall–Kier alpha value is -1.10. The summed E-state index contributed by atoms with van der Waals surface area (Å²) in [7, 11) is 0. The lowest BCUT2D eigenvalue weighted by Crippen LogP contribution is -2.73. The molecule has 15 heavy (non-hydrogen) atoms. The first-order valence-electron chi connectivity index (χ1n) is 5.12. The molecule has 2 N–H and O–H groups in total. The summed E-state index contributed by atoms with van der Waals surface area (Å²) in [4.78, 5) is 22.9. The van der Waals surface area contributed by atoms with Crippen molar-refractivity contribution in [3.05, 3.63) is 0 Å². The van der Waals surface area contributed by atoms with Crippen LogP contribution in [0.4, 0.5) is 0 Å². The molecule has 0 unspecified atom stereocenters. The van der Waals surface area contributed by atoms with E-state index in [2.05, 4.69) is 5.32 Å².